The van der Waals surface area contributed by atoms with E-state index < -0.39 is 0 Å². The van der Waals surface area contributed by atoms with Crippen molar-refractivity contribution >= 4 is 0 Å². The number of hydrogen-bond acceptors (Lipinski definition) is 2. The molecule has 0 bridgehead atoms. The molecule has 0 rings (SSSR count). The van der Waals surface area contributed by atoms with Crippen molar-refractivity contribution in [2.45, 2.75) is 91.5 Å². The molecule has 0 unspecified atom stereocenters. The minimum absolute atomic E-state index is 0.652. The van der Waals surface area contributed by atoms with Crippen LogP contribution in [0.1, 0.15) is 85.5 Å². The van der Waals surface area contributed by atoms with Gasteiger partial charge < -0.3 is 10.1 Å². The molecule has 0 amide bonds. The third-order valence-corrected chi connectivity index (χ3v) is 3.66. The van der Waals surface area contributed by atoms with E-state index in [-0.39, 0.29) is 0 Å². The van der Waals surface area contributed by atoms with Gasteiger partial charge in [-0.25, -0.2) is 0 Å². The van der Waals surface area contributed by atoms with Gasteiger partial charge in [-0.05, 0) is 31.7 Å². The van der Waals surface area contributed by atoms with Crippen molar-refractivity contribution in [3.05, 3.63) is 0 Å². The lowest BCUT2D eigenvalue weighted by molar-refractivity contribution is 0.107. The Morgan fingerprint density at radius 3 is 1.95 bits per heavy atom. The lowest BCUT2D eigenvalue weighted by Gasteiger charge is -2.19. The Kier molecular flexibility index (Phi) is 15.3. The van der Waals surface area contributed by atoms with Crippen molar-refractivity contribution in [2.75, 3.05) is 19.8 Å². The highest BCUT2D eigenvalue weighted by atomic mass is 16.5. The van der Waals surface area contributed by atoms with Crippen LogP contribution in [0.4, 0.5) is 0 Å². The number of nitrogens with one attached hydrogen (secondary N) is 1. The molecule has 0 saturated heterocycles. The van der Waals surface area contributed by atoms with Gasteiger partial charge in [0.2, 0.25) is 0 Å². The van der Waals surface area contributed by atoms with Crippen LogP contribution < -0.4 is 5.32 Å². The Hall–Kier alpha value is -0.0800. The fourth-order valence-corrected chi connectivity index (χ4v) is 2.43. The number of hydrogen-bond donors (Lipinski definition) is 1. The molecule has 0 aliphatic rings. The molecule has 0 heterocycles. The van der Waals surface area contributed by atoms with Crippen molar-refractivity contribution in [3.63, 3.8) is 0 Å². The maximum Gasteiger partial charge on any atom is 0.0489 e. The highest BCUT2D eigenvalue weighted by molar-refractivity contribution is 4.67. The van der Waals surface area contributed by atoms with Crippen LogP contribution in [-0.4, -0.2) is 25.8 Å². The van der Waals surface area contributed by atoms with Gasteiger partial charge in [0.05, 0.1) is 0 Å². The Bertz CT molecular complexity index is 172. The second-order valence-electron chi connectivity index (χ2n) is 6.46. The summed E-state index contributed by atoms with van der Waals surface area (Å²) in [7, 11) is 0. The lowest BCUT2D eigenvalue weighted by atomic mass is 10.0. The Labute approximate surface area is 128 Å². The Balaban J connectivity index is 3.61. The molecule has 0 fully saturated rings. The topological polar surface area (TPSA) is 21.3 Å². The first kappa shape index (κ1) is 19.9. The van der Waals surface area contributed by atoms with Gasteiger partial charge in [0, 0.05) is 19.3 Å². The van der Waals surface area contributed by atoms with Gasteiger partial charge in [-0.1, -0.05) is 66.2 Å². The third kappa shape index (κ3) is 14.3. The summed E-state index contributed by atoms with van der Waals surface area (Å²) in [4.78, 5) is 0. The minimum Gasteiger partial charge on any atom is -0.381 e. The van der Waals surface area contributed by atoms with Gasteiger partial charge in [0.1, 0.15) is 0 Å². The molecule has 0 atom stereocenters. The van der Waals surface area contributed by atoms with Crippen molar-refractivity contribution < 1.29 is 4.74 Å². The molecule has 20 heavy (non-hydrogen) atoms. The molecular formula is C18H39NO. The Morgan fingerprint density at radius 1 is 0.850 bits per heavy atom. The minimum atomic E-state index is 0.652. The van der Waals surface area contributed by atoms with E-state index in [9.17, 15) is 0 Å². The SMILES string of the molecule is CCCCCC(CCCCC)NCCCOCC(C)C. The highest BCUT2D eigenvalue weighted by Crippen LogP contribution is 2.11. The molecule has 1 N–H and O–H groups in total. The first-order valence-electron chi connectivity index (χ1n) is 9.01. The van der Waals surface area contributed by atoms with Crippen LogP contribution in [0.15, 0.2) is 0 Å². The summed E-state index contributed by atoms with van der Waals surface area (Å²) in [5.41, 5.74) is 0. The average Bonchev–Trinajstić information content (AvgIpc) is 2.42. The molecule has 0 radical (unpaired) electrons. The predicted molar refractivity (Wildman–Crippen MR) is 90.3 cm³/mol. The summed E-state index contributed by atoms with van der Waals surface area (Å²) in [5, 5.41) is 3.75. The quantitative estimate of drug-likeness (QED) is 0.419. The molecule has 2 nitrogen and oxygen atoms in total. The van der Waals surface area contributed by atoms with Crippen molar-refractivity contribution in [3.8, 4) is 0 Å². The van der Waals surface area contributed by atoms with Crippen LogP contribution in [0, 0.1) is 5.92 Å². The van der Waals surface area contributed by atoms with E-state index >= 15 is 0 Å². The molecule has 0 aromatic heterocycles. The van der Waals surface area contributed by atoms with Gasteiger partial charge >= 0.3 is 0 Å². The van der Waals surface area contributed by atoms with Crippen LogP contribution in [-0.2, 0) is 4.74 Å². The Morgan fingerprint density at radius 2 is 1.45 bits per heavy atom. The summed E-state index contributed by atoms with van der Waals surface area (Å²) in [5.74, 6) is 0.652. The summed E-state index contributed by atoms with van der Waals surface area (Å²) >= 11 is 0. The zero-order valence-corrected chi connectivity index (χ0v) is 14.5. The fraction of sp³-hybridized carbons (Fsp3) is 1.00. The molecule has 0 aliphatic carbocycles. The standard InChI is InChI=1S/C18H39NO/c1-5-7-9-12-18(13-10-8-6-2)19-14-11-15-20-16-17(3)4/h17-19H,5-16H2,1-4H3. The molecule has 0 aromatic carbocycles. The average molecular weight is 286 g/mol. The van der Waals surface area contributed by atoms with E-state index in [1.165, 1.54) is 51.4 Å². The summed E-state index contributed by atoms with van der Waals surface area (Å²) in [6.07, 6.45) is 12.0. The summed E-state index contributed by atoms with van der Waals surface area (Å²) in [6, 6.07) is 0.734. The van der Waals surface area contributed by atoms with Gasteiger partial charge in [0.15, 0.2) is 0 Å². The number of ether oxygens (including phenoxy) is 1. The predicted octanol–water partition coefficient (Wildman–Crippen LogP) is 5.17. The van der Waals surface area contributed by atoms with E-state index in [0.29, 0.717) is 5.92 Å². The van der Waals surface area contributed by atoms with Crippen LogP contribution in [0.2, 0.25) is 0 Å². The van der Waals surface area contributed by atoms with Crippen molar-refractivity contribution in [1.29, 1.82) is 0 Å². The molecular weight excluding hydrogens is 246 g/mol. The second-order valence-corrected chi connectivity index (χ2v) is 6.46. The van der Waals surface area contributed by atoms with Crippen LogP contribution in [0.5, 0.6) is 0 Å². The zero-order valence-electron chi connectivity index (χ0n) is 14.5. The van der Waals surface area contributed by atoms with Crippen LogP contribution >= 0.6 is 0 Å². The van der Waals surface area contributed by atoms with E-state index in [0.717, 1.165) is 32.2 Å². The number of rotatable bonds is 15. The molecule has 0 saturated carbocycles. The third-order valence-electron chi connectivity index (χ3n) is 3.66. The van der Waals surface area contributed by atoms with E-state index in [1.807, 2.05) is 0 Å². The fourth-order valence-electron chi connectivity index (χ4n) is 2.43. The van der Waals surface area contributed by atoms with Crippen molar-refractivity contribution in [1.82, 2.24) is 5.32 Å². The summed E-state index contributed by atoms with van der Waals surface area (Å²) < 4.78 is 5.63. The smallest absolute Gasteiger partial charge is 0.0489 e. The largest absolute Gasteiger partial charge is 0.381 e. The van der Waals surface area contributed by atoms with E-state index in [2.05, 4.69) is 33.0 Å². The van der Waals surface area contributed by atoms with Crippen molar-refractivity contribution in [2.24, 2.45) is 5.92 Å². The van der Waals surface area contributed by atoms with Gasteiger partial charge in [-0.3, -0.25) is 0 Å². The van der Waals surface area contributed by atoms with Crippen LogP contribution in [0.3, 0.4) is 0 Å². The molecule has 0 aliphatic heterocycles. The van der Waals surface area contributed by atoms with Crippen LogP contribution in [0.25, 0.3) is 0 Å². The normalized spacial score (nSPS) is 11.7. The maximum absolute atomic E-state index is 5.63. The molecule has 0 spiro atoms. The molecule has 122 valence electrons. The zero-order chi connectivity index (χ0) is 15.1. The molecule has 0 aromatic rings. The van der Waals surface area contributed by atoms with Gasteiger partial charge in [-0.2, -0.15) is 0 Å². The highest BCUT2D eigenvalue weighted by Gasteiger charge is 2.07. The molecule has 2 heteroatoms. The maximum atomic E-state index is 5.63. The first-order chi connectivity index (χ1) is 9.70. The monoisotopic (exact) mass is 285 g/mol. The first-order valence-corrected chi connectivity index (χ1v) is 9.01. The van der Waals surface area contributed by atoms with Gasteiger partial charge in [-0.15, -0.1) is 0 Å². The van der Waals surface area contributed by atoms with E-state index in [1.54, 1.807) is 0 Å². The second kappa shape index (κ2) is 15.3. The summed E-state index contributed by atoms with van der Waals surface area (Å²) in [6.45, 7) is 11.9. The van der Waals surface area contributed by atoms with Gasteiger partial charge in [0.25, 0.3) is 0 Å². The number of unbranched alkanes of at least 4 members (excludes halogenated alkanes) is 4. The lowest BCUT2D eigenvalue weighted by Crippen LogP contribution is -2.30. The van der Waals surface area contributed by atoms with E-state index in [4.69, 9.17) is 4.74 Å².